The smallest absolute Gasteiger partial charge is 0.233 e. The highest BCUT2D eigenvalue weighted by Gasteiger charge is 2.22. The minimum Gasteiger partial charge on any atom is -0.508 e. The van der Waals surface area contributed by atoms with Crippen molar-refractivity contribution in [3.63, 3.8) is 0 Å². The van der Waals surface area contributed by atoms with Gasteiger partial charge in [0.05, 0.1) is 5.25 Å². The maximum Gasteiger partial charge on any atom is 0.233 e. The number of thioether (sulfide) groups is 1. The fourth-order valence-electron chi connectivity index (χ4n) is 1.34. The molecule has 1 rings (SSSR count). The summed E-state index contributed by atoms with van der Waals surface area (Å²) in [6, 6.07) is 6.95. The fraction of sp³-hybridized carbons (Fsp3) is 0.500. The van der Waals surface area contributed by atoms with Crippen LogP contribution in [0.3, 0.4) is 0 Å². The lowest BCUT2D eigenvalue weighted by molar-refractivity contribution is -0.121. The molecule has 0 heterocycles. The van der Waals surface area contributed by atoms with Gasteiger partial charge >= 0.3 is 0 Å². The van der Waals surface area contributed by atoms with Crippen LogP contribution in [0.15, 0.2) is 29.2 Å². The zero-order chi connectivity index (χ0) is 13.8. The average molecular weight is 267 g/mol. The van der Waals surface area contributed by atoms with Gasteiger partial charge in [0.25, 0.3) is 0 Å². The number of benzene rings is 1. The number of carbonyl (C=O) groups is 1. The SMILES string of the molecule is CCC(C)(C)NC(=O)C(C)Sc1cccc(O)c1. The van der Waals surface area contributed by atoms with E-state index in [2.05, 4.69) is 5.32 Å². The minimum atomic E-state index is -0.183. The van der Waals surface area contributed by atoms with Gasteiger partial charge in [0.2, 0.25) is 5.91 Å². The average Bonchev–Trinajstić information content (AvgIpc) is 2.28. The van der Waals surface area contributed by atoms with E-state index in [1.54, 1.807) is 18.2 Å². The summed E-state index contributed by atoms with van der Waals surface area (Å²) in [5.74, 6) is 0.247. The van der Waals surface area contributed by atoms with E-state index in [0.29, 0.717) is 0 Å². The second-order valence-corrected chi connectivity index (χ2v) is 6.40. The van der Waals surface area contributed by atoms with Gasteiger partial charge in [0.1, 0.15) is 5.75 Å². The van der Waals surface area contributed by atoms with Gasteiger partial charge in [0, 0.05) is 10.4 Å². The Balaban J connectivity index is 2.60. The Hall–Kier alpha value is -1.16. The number of phenolic OH excluding ortho intramolecular Hbond substituents is 1. The number of aromatic hydroxyl groups is 1. The quantitative estimate of drug-likeness (QED) is 0.806. The van der Waals surface area contributed by atoms with E-state index in [4.69, 9.17) is 0 Å². The van der Waals surface area contributed by atoms with Crippen LogP contribution >= 0.6 is 11.8 Å². The molecule has 1 aromatic rings. The Morgan fingerprint density at radius 3 is 2.72 bits per heavy atom. The van der Waals surface area contributed by atoms with E-state index < -0.39 is 0 Å². The Bertz CT molecular complexity index is 418. The molecule has 0 aliphatic heterocycles. The molecule has 0 spiro atoms. The Morgan fingerprint density at radius 1 is 1.50 bits per heavy atom. The summed E-state index contributed by atoms with van der Waals surface area (Å²) in [7, 11) is 0. The van der Waals surface area contributed by atoms with Gasteiger partial charge in [-0.1, -0.05) is 13.0 Å². The molecule has 0 saturated carbocycles. The first-order valence-corrected chi connectivity index (χ1v) is 7.00. The Morgan fingerprint density at radius 2 is 2.17 bits per heavy atom. The maximum absolute atomic E-state index is 12.0. The molecule has 1 amide bonds. The molecule has 0 aliphatic rings. The molecule has 1 atom stereocenters. The molecular weight excluding hydrogens is 246 g/mol. The van der Waals surface area contributed by atoms with Gasteiger partial charge in [-0.15, -0.1) is 11.8 Å². The third-order valence-electron chi connectivity index (χ3n) is 2.85. The molecule has 0 bridgehead atoms. The molecule has 4 heteroatoms. The third-order valence-corrected chi connectivity index (χ3v) is 3.94. The summed E-state index contributed by atoms with van der Waals surface area (Å²) in [5.41, 5.74) is -0.176. The van der Waals surface area contributed by atoms with Crippen molar-refractivity contribution in [2.24, 2.45) is 0 Å². The van der Waals surface area contributed by atoms with Crippen molar-refractivity contribution in [1.29, 1.82) is 0 Å². The summed E-state index contributed by atoms with van der Waals surface area (Å²) in [6.07, 6.45) is 0.891. The molecule has 2 N–H and O–H groups in total. The van der Waals surface area contributed by atoms with Crippen molar-refractivity contribution >= 4 is 17.7 Å². The van der Waals surface area contributed by atoms with E-state index in [-0.39, 0.29) is 22.4 Å². The van der Waals surface area contributed by atoms with Crippen molar-refractivity contribution in [2.45, 2.75) is 49.8 Å². The zero-order valence-corrected chi connectivity index (χ0v) is 12.2. The minimum absolute atomic E-state index is 0.0233. The summed E-state index contributed by atoms with van der Waals surface area (Å²) in [6.45, 7) is 7.94. The number of amides is 1. The highest BCUT2D eigenvalue weighted by molar-refractivity contribution is 8.00. The van der Waals surface area contributed by atoms with Crippen LogP contribution < -0.4 is 5.32 Å². The van der Waals surface area contributed by atoms with Crippen LogP contribution in [-0.4, -0.2) is 21.8 Å². The summed E-state index contributed by atoms with van der Waals surface area (Å²) < 4.78 is 0. The van der Waals surface area contributed by atoms with Gasteiger partial charge in [-0.2, -0.15) is 0 Å². The predicted molar refractivity (Wildman–Crippen MR) is 75.9 cm³/mol. The number of hydrogen-bond donors (Lipinski definition) is 2. The van der Waals surface area contributed by atoms with E-state index in [1.165, 1.54) is 11.8 Å². The number of phenols is 1. The van der Waals surface area contributed by atoms with Gasteiger partial charge < -0.3 is 10.4 Å². The van der Waals surface area contributed by atoms with Crippen LogP contribution in [0.4, 0.5) is 0 Å². The lowest BCUT2D eigenvalue weighted by atomic mass is 10.0. The first-order chi connectivity index (χ1) is 8.34. The van der Waals surface area contributed by atoms with Crippen molar-refractivity contribution in [1.82, 2.24) is 5.32 Å². The van der Waals surface area contributed by atoms with Crippen molar-refractivity contribution in [3.8, 4) is 5.75 Å². The van der Waals surface area contributed by atoms with Crippen LogP contribution in [-0.2, 0) is 4.79 Å². The van der Waals surface area contributed by atoms with Crippen LogP contribution in [0.5, 0.6) is 5.75 Å². The topological polar surface area (TPSA) is 49.3 Å². The van der Waals surface area contributed by atoms with E-state index in [1.807, 2.05) is 33.8 Å². The van der Waals surface area contributed by atoms with Crippen LogP contribution in [0.1, 0.15) is 34.1 Å². The van der Waals surface area contributed by atoms with Crippen LogP contribution in [0.25, 0.3) is 0 Å². The third kappa shape index (κ3) is 4.61. The lowest BCUT2D eigenvalue weighted by Gasteiger charge is -2.26. The van der Waals surface area contributed by atoms with E-state index >= 15 is 0 Å². The zero-order valence-electron chi connectivity index (χ0n) is 11.4. The summed E-state index contributed by atoms with van der Waals surface area (Å²) >= 11 is 1.44. The molecule has 3 nitrogen and oxygen atoms in total. The normalized spacial score (nSPS) is 13.1. The molecule has 100 valence electrons. The standard InChI is InChI=1S/C14H21NO2S/c1-5-14(3,4)15-13(17)10(2)18-12-8-6-7-11(16)9-12/h6-10,16H,5H2,1-4H3,(H,15,17). The van der Waals surface area contributed by atoms with E-state index in [0.717, 1.165) is 11.3 Å². The van der Waals surface area contributed by atoms with Gasteiger partial charge in [-0.3, -0.25) is 4.79 Å². The first-order valence-electron chi connectivity index (χ1n) is 6.12. The predicted octanol–water partition coefficient (Wildman–Crippen LogP) is 3.18. The van der Waals surface area contributed by atoms with Gasteiger partial charge in [0.15, 0.2) is 0 Å². The van der Waals surface area contributed by atoms with Crippen molar-refractivity contribution in [2.75, 3.05) is 0 Å². The second kappa shape index (κ2) is 6.14. The number of rotatable bonds is 5. The molecule has 0 aromatic heterocycles. The van der Waals surface area contributed by atoms with Gasteiger partial charge in [-0.25, -0.2) is 0 Å². The Kier molecular flexibility index (Phi) is 5.08. The summed E-state index contributed by atoms with van der Waals surface area (Å²) in [4.78, 5) is 12.9. The van der Waals surface area contributed by atoms with Gasteiger partial charge in [-0.05, 0) is 45.4 Å². The van der Waals surface area contributed by atoms with Crippen LogP contribution in [0.2, 0.25) is 0 Å². The largest absolute Gasteiger partial charge is 0.508 e. The van der Waals surface area contributed by atoms with Crippen molar-refractivity contribution < 1.29 is 9.90 Å². The monoisotopic (exact) mass is 267 g/mol. The molecule has 0 fully saturated rings. The fourth-order valence-corrected chi connectivity index (χ4v) is 2.26. The number of hydrogen-bond acceptors (Lipinski definition) is 3. The summed E-state index contributed by atoms with van der Waals surface area (Å²) in [5, 5.41) is 12.2. The van der Waals surface area contributed by atoms with Crippen molar-refractivity contribution in [3.05, 3.63) is 24.3 Å². The molecular formula is C14H21NO2S. The van der Waals surface area contributed by atoms with E-state index in [9.17, 15) is 9.90 Å². The lowest BCUT2D eigenvalue weighted by Crippen LogP contribution is -2.46. The first kappa shape index (κ1) is 14.9. The maximum atomic E-state index is 12.0. The molecule has 1 unspecified atom stereocenters. The molecule has 0 aliphatic carbocycles. The number of nitrogens with one attached hydrogen (secondary N) is 1. The molecule has 18 heavy (non-hydrogen) atoms. The molecule has 1 aromatic carbocycles. The highest BCUT2D eigenvalue weighted by atomic mass is 32.2. The van der Waals surface area contributed by atoms with Crippen LogP contribution in [0, 0.1) is 0 Å². The molecule has 0 saturated heterocycles. The molecule has 0 radical (unpaired) electrons. The second-order valence-electron chi connectivity index (χ2n) is 4.98. The Labute approximate surface area is 113 Å². The highest BCUT2D eigenvalue weighted by Crippen LogP contribution is 2.26. The number of carbonyl (C=O) groups excluding carboxylic acids is 1.